The third-order valence-corrected chi connectivity index (χ3v) is 7.09. The molecule has 7 nitrogen and oxygen atoms in total. The number of anilines is 3. The Morgan fingerprint density at radius 3 is 2.72 bits per heavy atom. The Hall–Kier alpha value is -4.13. The van der Waals surface area contributed by atoms with Crippen molar-refractivity contribution in [1.82, 2.24) is 5.16 Å². The van der Waals surface area contributed by atoms with Gasteiger partial charge in [-0.2, -0.15) is 0 Å². The molecule has 1 atom stereocenters. The van der Waals surface area contributed by atoms with E-state index in [0.29, 0.717) is 46.6 Å². The molecule has 1 saturated heterocycles. The smallest absolute Gasteiger partial charge is 0.310 e. The molecule has 0 bridgehead atoms. The van der Waals surface area contributed by atoms with Crippen LogP contribution in [0.25, 0.3) is 22.2 Å². The highest BCUT2D eigenvalue weighted by molar-refractivity contribution is 6.28. The van der Waals surface area contributed by atoms with Crippen LogP contribution < -0.4 is 10.2 Å². The number of piperidine rings is 1. The first-order chi connectivity index (χ1) is 17.5. The number of aryl methyl sites for hydroxylation is 1. The van der Waals surface area contributed by atoms with Crippen molar-refractivity contribution in [3.05, 3.63) is 71.3 Å². The van der Waals surface area contributed by atoms with Gasteiger partial charge in [-0.15, -0.1) is 0 Å². The molecule has 0 spiro atoms. The van der Waals surface area contributed by atoms with E-state index in [-0.39, 0.29) is 17.7 Å². The number of hydrogen-bond donors (Lipinski definition) is 1. The van der Waals surface area contributed by atoms with Crippen molar-refractivity contribution in [2.24, 2.45) is 5.92 Å². The molecule has 1 aliphatic heterocycles. The van der Waals surface area contributed by atoms with Crippen molar-refractivity contribution < 1.29 is 18.8 Å². The maximum absolute atomic E-state index is 13.8. The van der Waals surface area contributed by atoms with Gasteiger partial charge >= 0.3 is 5.97 Å². The summed E-state index contributed by atoms with van der Waals surface area (Å²) in [6.07, 6.45) is 1.65. The molecule has 0 amide bonds. The largest absolute Gasteiger partial charge is 0.466 e. The fraction of sp³-hybridized carbons (Fsp3) is 0.276. The van der Waals surface area contributed by atoms with Gasteiger partial charge in [0.05, 0.1) is 34.8 Å². The summed E-state index contributed by atoms with van der Waals surface area (Å²) in [7, 11) is 0. The molecule has 7 heteroatoms. The predicted octanol–water partition coefficient (Wildman–Crippen LogP) is 5.87. The zero-order valence-corrected chi connectivity index (χ0v) is 20.3. The second kappa shape index (κ2) is 8.82. The van der Waals surface area contributed by atoms with Crippen molar-refractivity contribution in [2.45, 2.75) is 26.7 Å². The van der Waals surface area contributed by atoms with E-state index in [1.807, 2.05) is 68.4 Å². The highest BCUT2D eigenvalue weighted by atomic mass is 16.5. The van der Waals surface area contributed by atoms with E-state index in [0.717, 1.165) is 41.9 Å². The Balaban J connectivity index is 1.52. The molecule has 36 heavy (non-hydrogen) atoms. The predicted molar refractivity (Wildman–Crippen MR) is 139 cm³/mol. The first kappa shape index (κ1) is 22.3. The number of carbonyl (C=O) groups is 2. The Bertz CT molecular complexity index is 1490. The number of carbonyl (C=O) groups excluding carboxylic acids is 2. The molecule has 0 radical (unpaired) electrons. The lowest BCUT2D eigenvalue weighted by atomic mass is 9.86. The van der Waals surface area contributed by atoms with E-state index >= 15 is 0 Å². The van der Waals surface area contributed by atoms with Crippen LogP contribution in [-0.2, 0) is 9.53 Å². The number of nitrogens with zero attached hydrogens (tertiary/aromatic N) is 2. The minimum absolute atomic E-state index is 0.0597. The highest BCUT2D eigenvalue weighted by Crippen LogP contribution is 2.46. The zero-order valence-electron chi connectivity index (χ0n) is 20.3. The lowest BCUT2D eigenvalue weighted by molar-refractivity contribution is -0.148. The molecule has 2 heterocycles. The molecule has 1 aliphatic carbocycles. The van der Waals surface area contributed by atoms with Gasteiger partial charge in [0.15, 0.2) is 11.5 Å². The first-order valence-corrected chi connectivity index (χ1v) is 12.4. The third kappa shape index (κ3) is 3.63. The van der Waals surface area contributed by atoms with Crippen molar-refractivity contribution in [3.8, 4) is 11.3 Å². The first-order valence-electron chi connectivity index (χ1n) is 12.4. The van der Waals surface area contributed by atoms with Gasteiger partial charge in [-0.3, -0.25) is 9.59 Å². The maximum atomic E-state index is 13.8. The van der Waals surface area contributed by atoms with E-state index in [1.165, 1.54) is 0 Å². The number of hydrogen-bond acceptors (Lipinski definition) is 7. The second-order valence-corrected chi connectivity index (χ2v) is 9.46. The van der Waals surface area contributed by atoms with Gasteiger partial charge in [-0.25, -0.2) is 0 Å². The molecular weight excluding hydrogens is 454 g/mol. The number of esters is 1. The Morgan fingerprint density at radius 1 is 1.17 bits per heavy atom. The van der Waals surface area contributed by atoms with E-state index < -0.39 is 0 Å². The summed E-state index contributed by atoms with van der Waals surface area (Å²) in [6.45, 7) is 5.55. The molecular formula is C29H27N3O4. The number of ketones is 1. The maximum Gasteiger partial charge on any atom is 0.310 e. The van der Waals surface area contributed by atoms with E-state index in [9.17, 15) is 9.59 Å². The van der Waals surface area contributed by atoms with E-state index in [1.54, 1.807) is 0 Å². The average Bonchev–Trinajstić information content (AvgIpc) is 3.34. The van der Waals surface area contributed by atoms with Crippen LogP contribution in [0.4, 0.5) is 17.1 Å². The summed E-state index contributed by atoms with van der Waals surface area (Å²) in [5.41, 5.74) is 6.13. The summed E-state index contributed by atoms with van der Waals surface area (Å²) < 4.78 is 11.2. The molecule has 1 unspecified atom stereocenters. The fourth-order valence-electron chi connectivity index (χ4n) is 5.32. The van der Waals surface area contributed by atoms with Crippen LogP contribution >= 0.6 is 0 Å². The molecule has 1 aromatic heterocycles. The summed E-state index contributed by atoms with van der Waals surface area (Å²) >= 11 is 0. The number of aromatic nitrogens is 1. The molecule has 182 valence electrons. The Kier molecular flexibility index (Phi) is 5.48. The zero-order chi connectivity index (χ0) is 24.8. The van der Waals surface area contributed by atoms with Gasteiger partial charge in [0.1, 0.15) is 5.52 Å². The summed E-state index contributed by atoms with van der Waals surface area (Å²) in [5, 5.41) is 8.64. The van der Waals surface area contributed by atoms with Crippen LogP contribution in [0.1, 0.15) is 41.3 Å². The van der Waals surface area contributed by atoms with Gasteiger partial charge < -0.3 is 19.5 Å². The van der Waals surface area contributed by atoms with Gasteiger partial charge in [-0.1, -0.05) is 47.1 Å². The molecule has 0 saturated carbocycles. The minimum atomic E-state index is -0.205. The van der Waals surface area contributed by atoms with Crippen molar-refractivity contribution in [2.75, 3.05) is 29.9 Å². The number of fused-ring (bicyclic) bond motifs is 2. The quantitative estimate of drug-likeness (QED) is 0.314. The summed E-state index contributed by atoms with van der Waals surface area (Å²) in [6, 6.07) is 17.5. The van der Waals surface area contributed by atoms with Crippen LogP contribution in [0.5, 0.6) is 0 Å². The lowest BCUT2D eigenvalue weighted by Crippen LogP contribution is -2.39. The molecule has 2 aliphatic rings. The normalized spacial score (nSPS) is 16.7. The second-order valence-electron chi connectivity index (χ2n) is 9.46. The molecule has 1 N–H and O–H groups in total. The molecule has 1 fully saturated rings. The topological polar surface area (TPSA) is 84.7 Å². The monoisotopic (exact) mass is 481 g/mol. The average molecular weight is 482 g/mol. The van der Waals surface area contributed by atoms with Crippen LogP contribution in [0, 0.1) is 12.8 Å². The molecule has 4 aromatic rings. The van der Waals surface area contributed by atoms with Gasteiger partial charge in [0.2, 0.25) is 0 Å². The Morgan fingerprint density at radius 2 is 1.94 bits per heavy atom. The lowest BCUT2D eigenvalue weighted by Gasteiger charge is -2.34. The van der Waals surface area contributed by atoms with Gasteiger partial charge in [0, 0.05) is 29.9 Å². The number of benzene rings is 3. The minimum Gasteiger partial charge on any atom is -0.466 e. The number of ether oxygens (including phenoxy) is 1. The van der Waals surface area contributed by atoms with Crippen molar-refractivity contribution in [3.63, 3.8) is 0 Å². The highest BCUT2D eigenvalue weighted by Gasteiger charge is 2.35. The van der Waals surface area contributed by atoms with Crippen molar-refractivity contribution in [1.29, 1.82) is 0 Å². The van der Waals surface area contributed by atoms with Crippen LogP contribution in [0.3, 0.4) is 0 Å². The third-order valence-electron chi connectivity index (χ3n) is 7.09. The number of nitrogens with one attached hydrogen (secondary N) is 1. The molecule has 6 rings (SSSR count). The van der Waals surface area contributed by atoms with Gasteiger partial charge in [-0.05, 0) is 44.9 Å². The fourth-order valence-corrected chi connectivity index (χ4v) is 5.32. The van der Waals surface area contributed by atoms with Crippen LogP contribution in [0.2, 0.25) is 0 Å². The standard InChI is InChI=1S/C29H27N3O4/c1-3-35-29(34)18-7-6-14-32(16-18)23-15-22(30-19-12-10-17(2)11-13-19)24-25-26(23)31-36-28(25)21-9-5-4-8-20(21)27(24)33/h4-5,8-13,15,18,30H,3,6-7,14,16H2,1-2H3. The van der Waals surface area contributed by atoms with Gasteiger partial charge in [0.25, 0.3) is 0 Å². The summed E-state index contributed by atoms with van der Waals surface area (Å²) in [4.78, 5) is 28.5. The van der Waals surface area contributed by atoms with Crippen LogP contribution in [-0.4, -0.2) is 36.6 Å². The van der Waals surface area contributed by atoms with E-state index in [2.05, 4.69) is 15.4 Å². The SMILES string of the molecule is CCOC(=O)C1CCCN(c2cc(Nc3ccc(C)cc3)c3c4c(onc24)-c2ccccc2C3=O)C1. The van der Waals surface area contributed by atoms with Crippen molar-refractivity contribution >= 4 is 39.7 Å². The Labute approximate surface area is 209 Å². The van der Waals surface area contributed by atoms with E-state index in [4.69, 9.17) is 9.26 Å². The molecule has 3 aromatic carbocycles. The van der Waals surface area contributed by atoms with Crippen LogP contribution in [0.15, 0.2) is 59.1 Å². The number of rotatable bonds is 5. The summed E-state index contributed by atoms with van der Waals surface area (Å²) in [5.74, 6) is 0.168.